The molecule has 4 N–H and O–H groups in total. The van der Waals surface area contributed by atoms with Crippen LogP contribution in [-0.2, 0) is 10.0 Å². The van der Waals surface area contributed by atoms with Crippen molar-refractivity contribution < 1.29 is 17.9 Å². The summed E-state index contributed by atoms with van der Waals surface area (Å²) in [5, 5.41) is 3.00. The van der Waals surface area contributed by atoms with E-state index in [1.165, 1.54) is 25.7 Å². The second-order valence-electron chi connectivity index (χ2n) is 7.47. The Morgan fingerprint density at radius 3 is 2.52 bits per heavy atom. The van der Waals surface area contributed by atoms with Gasteiger partial charge >= 0.3 is 0 Å². The monoisotopic (exact) mass is 395 g/mol. The molecule has 0 heterocycles. The standard InChI is InChI=1S/C19H29N3O4S/c1-26-17-10-7-14(11-18(17)27(24,25)22-15-8-9-15)19(23)21-16(12-20)13-5-3-2-4-6-13/h7,10-11,13,15-16,22H,2-6,8-9,12,20H2,1H3,(H,21,23). The van der Waals surface area contributed by atoms with E-state index in [9.17, 15) is 13.2 Å². The molecule has 0 aromatic heterocycles. The van der Waals surface area contributed by atoms with Crippen LogP contribution in [0, 0.1) is 5.92 Å². The van der Waals surface area contributed by atoms with E-state index in [1.807, 2.05) is 0 Å². The molecule has 7 nitrogen and oxygen atoms in total. The summed E-state index contributed by atoms with van der Waals surface area (Å²) in [7, 11) is -2.31. The minimum atomic E-state index is -3.73. The number of rotatable bonds is 8. The van der Waals surface area contributed by atoms with E-state index >= 15 is 0 Å². The van der Waals surface area contributed by atoms with Crippen LogP contribution in [0.1, 0.15) is 55.3 Å². The topological polar surface area (TPSA) is 111 Å². The highest BCUT2D eigenvalue weighted by molar-refractivity contribution is 7.89. The Morgan fingerprint density at radius 1 is 1.22 bits per heavy atom. The molecule has 0 aliphatic heterocycles. The van der Waals surface area contributed by atoms with Crippen molar-refractivity contribution in [3.63, 3.8) is 0 Å². The Balaban J connectivity index is 1.78. The van der Waals surface area contributed by atoms with Crippen LogP contribution in [0.4, 0.5) is 0 Å². The average Bonchev–Trinajstić information content (AvgIpc) is 3.49. The molecule has 1 amide bonds. The predicted molar refractivity (Wildman–Crippen MR) is 103 cm³/mol. The van der Waals surface area contributed by atoms with E-state index in [0.717, 1.165) is 38.5 Å². The molecular formula is C19H29N3O4S. The lowest BCUT2D eigenvalue weighted by molar-refractivity contribution is 0.0915. The van der Waals surface area contributed by atoms with Crippen molar-refractivity contribution in [2.24, 2.45) is 11.7 Å². The number of carbonyl (C=O) groups excluding carboxylic acids is 1. The minimum Gasteiger partial charge on any atom is -0.495 e. The molecule has 2 saturated carbocycles. The van der Waals surface area contributed by atoms with Crippen LogP contribution in [0.3, 0.4) is 0 Å². The molecule has 0 saturated heterocycles. The van der Waals surface area contributed by atoms with E-state index in [2.05, 4.69) is 10.0 Å². The minimum absolute atomic E-state index is 0.00786. The Labute approximate surface area is 161 Å². The summed E-state index contributed by atoms with van der Waals surface area (Å²) in [6, 6.07) is 4.37. The zero-order valence-corrected chi connectivity index (χ0v) is 16.6. The van der Waals surface area contributed by atoms with Gasteiger partial charge in [-0.25, -0.2) is 13.1 Å². The number of sulfonamides is 1. The number of carbonyl (C=O) groups is 1. The van der Waals surface area contributed by atoms with Gasteiger partial charge in [-0.05, 0) is 49.8 Å². The van der Waals surface area contributed by atoms with Gasteiger partial charge in [0.1, 0.15) is 10.6 Å². The highest BCUT2D eigenvalue weighted by Crippen LogP contribution is 2.29. The van der Waals surface area contributed by atoms with Crippen molar-refractivity contribution in [3.05, 3.63) is 23.8 Å². The molecule has 0 bridgehead atoms. The van der Waals surface area contributed by atoms with Gasteiger partial charge in [0.05, 0.1) is 7.11 Å². The number of amides is 1. The number of ether oxygens (including phenoxy) is 1. The fraction of sp³-hybridized carbons (Fsp3) is 0.632. The molecule has 27 heavy (non-hydrogen) atoms. The van der Waals surface area contributed by atoms with Gasteiger partial charge in [-0.15, -0.1) is 0 Å². The number of hydrogen-bond donors (Lipinski definition) is 3. The van der Waals surface area contributed by atoms with Crippen molar-refractivity contribution >= 4 is 15.9 Å². The smallest absolute Gasteiger partial charge is 0.251 e. The third-order valence-corrected chi connectivity index (χ3v) is 6.95. The summed E-state index contributed by atoms with van der Waals surface area (Å²) in [5.41, 5.74) is 6.19. The molecule has 0 spiro atoms. The molecular weight excluding hydrogens is 366 g/mol. The molecule has 3 rings (SSSR count). The first-order valence-corrected chi connectivity index (χ1v) is 11.1. The Bertz CT molecular complexity index is 771. The third-order valence-electron chi connectivity index (χ3n) is 5.40. The first kappa shape index (κ1) is 20.1. The molecule has 8 heteroatoms. The maximum absolute atomic E-state index is 12.7. The van der Waals surface area contributed by atoms with E-state index in [4.69, 9.17) is 10.5 Å². The van der Waals surface area contributed by atoms with Crippen molar-refractivity contribution in [1.29, 1.82) is 0 Å². The molecule has 1 aromatic carbocycles. The number of benzene rings is 1. The number of hydrogen-bond acceptors (Lipinski definition) is 5. The van der Waals surface area contributed by atoms with Gasteiger partial charge in [0, 0.05) is 24.2 Å². The molecule has 1 atom stereocenters. The first-order chi connectivity index (χ1) is 12.9. The lowest BCUT2D eigenvalue weighted by Crippen LogP contribution is -2.46. The summed E-state index contributed by atoms with van der Waals surface area (Å²) < 4.78 is 33.1. The number of nitrogens with one attached hydrogen (secondary N) is 2. The molecule has 1 aromatic rings. The summed E-state index contributed by atoms with van der Waals surface area (Å²) in [5.74, 6) is 0.301. The van der Waals surface area contributed by atoms with Crippen molar-refractivity contribution in [3.8, 4) is 5.75 Å². The zero-order chi connectivity index (χ0) is 19.4. The number of methoxy groups -OCH3 is 1. The lowest BCUT2D eigenvalue weighted by atomic mass is 9.84. The third kappa shape index (κ3) is 5.00. The van der Waals surface area contributed by atoms with Gasteiger partial charge in [-0.3, -0.25) is 4.79 Å². The molecule has 2 aliphatic rings. The second-order valence-corrected chi connectivity index (χ2v) is 9.16. The number of nitrogens with two attached hydrogens (primary N) is 1. The van der Waals surface area contributed by atoms with Crippen molar-refractivity contribution in [2.75, 3.05) is 13.7 Å². The fourth-order valence-electron chi connectivity index (χ4n) is 3.67. The quantitative estimate of drug-likeness (QED) is 0.621. The van der Waals surface area contributed by atoms with Crippen LogP contribution in [0.2, 0.25) is 0 Å². The molecule has 2 fully saturated rings. The van der Waals surface area contributed by atoms with Gasteiger partial charge in [-0.1, -0.05) is 19.3 Å². The largest absolute Gasteiger partial charge is 0.495 e. The Morgan fingerprint density at radius 2 is 1.93 bits per heavy atom. The van der Waals surface area contributed by atoms with Gasteiger partial charge < -0.3 is 15.8 Å². The van der Waals surface area contributed by atoms with Gasteiger partial charge in [0.2, 0.25) is 10.0 Å². The van der Waals surface area contributed by atoms with E-state index in [0.29, 0.717) is 18.0 Å². The van der Waals surface area contributed by atoms with Crippen LogP contribution in [0.25, 0.3) is 0 Å². The van der Waals surface area contributed by atoms with Gasteiger partial charge in [0.25, 0.3) is 5.91 Å². The average molecular weight is 396 g/mol. The van der Waals surface area contributed by atoms with E-state index in [-0.39, 0.29) is 28.6 Å². The predicted octanol–water partition coefficient (Wildman–Crippen LogP) is 1.77. The maximum atomic E-state index is 12.7. The van der Waals surface area contributed by atoms with E-state index < -0.39 is 10.0 Å². The van der Waals surface area contributed by atoms with Crippen LogP contribution < -0.4 is 20.5 Å². The molecule has 1 unspecified atom stereocenters. The SMILES string of the molecule is COc1ccc(C(=O)NC(CN)C2CCCCC2)cc1S(=O)(=O)NC1CC1. The maximum Gasteiger partial charge on any atom is 0.251 e. The molecule has 150 valence electrons. The van der Waals surface area contributed by atoms with Gasteiger partial charge in [-0.2, -0.15) is 0 Å². The van der Waals surface area contributed by atoms with Crippen LogP contribution >= 0.6 is 0 Å². The fourth-order valence-corrected chi connectivity index (χ4v) is 5.17. The zero-order valence-electron chi connectivity index (χ0n) is 15.7. The molecule has 0 radical (unpaired) electrons. The summed E-state index contributed by atoms with van der Waals surface area (Å²) >= 11 is 0. The van der Waals surface area contributed by atoms with Gasteiger partial charge in [0.15, 0.2) is 0 Å². The highest BCUT2D eigenvalue weighted by atomic mass is 32.2. The Hall–Kier alpha value is -1.64. The lowest BCUT2D eigenvalue weighted by Gasteiger charge is -2.30. The van der Waals surface area contributed by atoms with Crippen LogP contribution in [0.15, 0.2) is 23.1 Å². The highest BCUT2D eigenvalue weighted by Gasteiger charge is 2.31. The van der Waals surface area contributed by atoms with Crippen molar-refractivity contribution in [1.82, 2.24) is 10.0 Å². The van der Waals surface area contributed by atoms with Crippen molar-refractivity contribution in [2.45, 2.75) is 61.9 Å². The molecule has 2 aliphatic carbocycles. The summed E-state index contributed by atoms with van der Waals surface area (Å²) in [4.78, 5) is 12.7. The normalized spacial score (nSPS) is 19.5. The first-order valence-electron chi connectivity index (χ1n) is 9.66. The summed E-state index contributed by atoms with van der Waals surface area (Å²) in [6.07, 6.45) is 7.35. The van der Waals surface area contributed by atoms with Crippen LogP contribution in [-0.4, -0.2) is 40.1 Å². The Kier molecular flexibility index (Phi) is 6.39. The summed E-state index contributed by atoms with van der Waals surface area (Å²) in [6.45, 7) is 0.376. The van der Waals surface area contributed by atoms with Crippen LogP contribution in [0.5, 0.6) is 5.75 Å². The second kappa shape index (κ2) is 8.58. The van der Waals surface area contributed by atoms with E-state index in [1.54, 1.807) is 6.07 Å².